The zero-order chi connectivity index (χ0) is 40.1. The Morgan fingerprint density at radius 3 is 1.60 bits per heavy atom. The number of aromatic hydroxyl groups is 2. The molecule has 2 saturated carbocycles. The molecule has 0 aromatic heterocycles. The van der Waals surface area contributed by atoms with Gasteiger partial charge < -0.3 is 14.9 Å². The summed E-state index contributed by atoms with van der Waals surface area (Å²) in [5.41, 5.74) is 6.16. The van der Waals surface area contributed by atoms with Gasteiger partial charge in [-0.15, -0.1) is 0 Å². The number of aryl methyl sites for hydroxylation is 2. The Morgan fingerprint density at radius 1 is 0.579 bits per heavy atom. The molecule has 3 aliphatic carbocycles. The molecule has 2 fully saturated rings. The fourth-order valence-electron chi connectivity index (χ4n) is 10.2. The zero-order valence-electron chi connectivity index (χ0n) is 34.9. The molecule has 0 spiro atoms. The summed E-state index contributed by atoms with van der Waals surface area (Å²) in [5.74, 6) is 2.42. The van der Waals surface area contributed by atoms with Crippen molar-refractivity contribution >= 4 is 11.6 Å². The number of phenols is 2. The molecule has 0 saturated heterocycles. The lowest BCUT2D eigenvalue weighted by Crippen LogP contribution is -2.21. The summed E-state index contributed by atoms with van der Waals surface area (Å²) in [6.45, 7) is 9.40. The molecule has 4 aromatic carbocycles. The minimum atomic E-state index is -0.464. The summed E-state index contributed by atoms with van der Waals surface area (Å²) >= 11 is 0. The first kappa shape index (κ1) is 40.8. The lowest BCUT2D eigenvalue weighted by Gasteiger charge is -2.29. The first-order chi connectivity index (χ1) is 27.7. The molecule has 2 N–H and O–H groups in total. The van der Waals surface area contributed by atoms with E-state index in [-0.39, 0.29) is 33.8 Å². The van der Waals surface area contributed by atoms with E-state index in [1.165, 1.54) is 108 Å². The molecule has 0 radical (unpaired) electrons. The van der Waals surface area contributed by atoms with Crippen molar-refractivity contribution in [2.45, 2.75) is 143 Å². The number of ketones is 2. The molecule has 4 aromatic rings. The van der Waals surface area contributed by atoms with Crippen molar-refractivity contribution in [3.63, 3.8) is 0 Å². The standard InChI is InChI=1S/C52H64O5/c1-5-8-10-12-34-14-16-36(17-15-34)32-57-52-33(4)30-41(31-37(52)7-3)43-27-29-45-47(49(43)54)51(56)44-28-26-42(48(53)46(44)50(45)55)40-24-22-39(23-25-40)38-20-18-35(19-21-38)13-11-9-6-2/h22-31,34-36,38,53-54H,5-21,32H2,1-4H3. The minimum Gasteiger partial charge on any atom is -0.507 e. The predicted octanol–water partition coefficient (Wildman–Crippen LogP) is 13.7. The van der Waals surface area contributed by atoms with Crippen molar-refractivity contribution in [3.05, 3.63) is 99.6 Å². The molecule has 5 heteroatoms. The highest BCUT2D eigenvalue weighted by atomic mass is 16.5. The van der Waals surface area contributed by atoms with Crippen LogP contribution in [-0.4, -0.2) is 28.4 Å². The average molecular weight is 769 g/mol. The summed E-state index contributed by atoms with van der Waals surface area (Å²) < 4.78 is 6.53. The van der Waals surface area contributed by atoms with E-state index in [1.807, 2.05) is 31.2 Å². The lowest BCUT2D eigenvalue weighted by atomic mass is 9.76. The topological polar surface area (TPSA) is 83.8 Å². The predicted molar refractivity (Wildman–Crippen MR) is 232 cm³/mol. The molecule has 0 aliphatic heterocycles. The van der Waals surface area contributed by atoms with Crippen LogP contribution in [0.4, 0.5) is 0 Å². The normalized spacial score (nSPS) is 20.6. The van der Waals surface area contributed by atoms with Crippen molar-refractivity contribution in [2.75, 3.05) is 6.61 Å². The molecule has 0 heterocycles. The maximum Gasteiger partial charge on any atom is 0.198 e. The third kappa shape index (κ3) is 8.74. The van der Waals surface area contributed by atoms with E-state index in [4.69, 9.17) is 4.74 Å². The van der Waals surface area contributed by atoms with E-state index < -0.39 is 11.6 Å². The van der Waals surface area contributed by atoms with Crippen molar-refractivity contribution in [1.82, 2.24) is 0 Å². The molecule has 57 heavy (non-hydrogen) atoms. The van der Waals surface area contributed by atoms with Crippen LogP contribution in [0.15, 0.2) is 60.7 Å². The third-order valence-electron chi connectivity index (χ3n) is 13.7. The van der Waals surface area contributed by atoms with Gasteiger partial charge >= 0.3 is 0 Å². The highest BCUT2D eigenvalue weighted by molar-refractivity contribution is 6.31. The van der Waals surface area contributed by atoms with E-state index in [9.17, 15) is 19.8 Å². The Morgan fingerprint density at radius 2 is 1.07 bits per heavy atom. The Balaban J connectivity index is 1.06. The summed E-state index contributed by atoms with van der Waals surface area (Å²) in [6.07, 6.45) is 21.4. The van der Waals surface area contributed by atoms with Gasteiger partial charge in [0.05, 0.1) is 17.7 Å². The fourth-order valence-corrected chi connectivity index (χ4v) is 10.2. The van der Waals surface area contributed by atoms with E-state index in [0.717, 1.165) is 52.9 Å². The summed E-state index contributed by atoms with van der Waals surface area (Å²) in [5, 5.41) is 23.3. The second-order valence-corrected chi connectivity index (χ2v) is 17.6. The second kappa shape index (κ2) is 18.5. The van der Waals surface area contributed by atoms with Crippen LogP contribution >= 0.6 is 0 Å². The third-order valence-corrected chi connectivity index (χ3v) is 13.7. The van der Waals surface area contributed by atoms with Gasteiger partial charge in [-0.25, -0.2) is 0 Å². The molecule has 7 rings (SSSR count). The number of rotatable bonds is 15. The van der Waals surface area contributed by atoms with Crippen LogP contribution in [0, 0.1) is 24.7 Å². The first-order valence-electron chi connectivity index (χ1n) is 22.4. The monoisotopic (exact) mass is 768 g/mol. The quantitative estimate of drug-likeness (QED) is 0.104. The van der Waals surface area contributed by atoms with Crippen LogP contribution in [0.25, 0.3) is 22.3 Å². The highest BCUT2D eigenvalue weighted by Gasteiger charge is 2.36. The molecule has 5 nitrogen and oxygen atoms in total. The number of benzene rings is 4. The SMILES string of the molecule is CCCCCC1CCC(COc2c(C)cc(-c3ccc4c(c3O)C(=O)c3ccc(-c5ccc(C6CCC(CCCCC)CC6)cc5)c(O)c3C4=O)cc2CC)CC1. The van der Waals surface area contributed by atoms with Crippen LogP contribution in [0.3, 0.4) is 0 Å². The molecule has 302 valence electrons. The summed E-state index contributed by atoms with van der Waals surface area (Å²) in [4.78, 5) is 28.2. The fraction of sp³-hybridized carbons (Fsp3) is 0.500. The van der Waals surface area contributed by atoms with Gasteiger partial charge in [-0.05, 0) is 140 Å². The minimum absolute atomic E-state index is 0.00165. The number of unbranched alkanes of at least 4 members (excludes halogenated alkanes) is 4. The van der Waals surface area contributed by atoms with Gasteiger partial charge in [0, 0.05) is 22.3 Å². The number of ether oxygens (including phenoxy) is 1. The van der Waals surface area contributed by atoms with E-state index >= 15 is 0 Å². The van der Waals surface area contributed by atoms with E-state index in [2.05, 4.69) is 32.9 Å². The smallest absolute Gasteiger partial charge is 0.198 e. The molecule has 0 unspecified atom stereocenters. The van der Waals surface area contributed by atoms with Gasteiger partial charge in [-0.1, -0.05) is 109 Å². The van der Waals surface area contributed by atoms with Gasteiger partial charge in [0.25, 0.3) is 0 Å². The largest absolute Gasteiger partial charge is 0.507 e. The molecule has 3 aliphatic rings. The summed E-state index contributed by atoms with van der Waals surface area (Å²) in [7, 11) is 0. The van der Waals surface area contributed by atoms with Crippen molar-refractivity contribution in [2.24, 2.45) is 17.8 Å². The van der Waals surface area contributed by atoms with E-state index in [1.54, 1.807) is 24.3 Å². The van der Waals surface area contributed by atoms with Crippen molar-refractivity contribution < 1.29 is 24.5 Å². The van der Waals surface area contributed by atoms with Crippen LogP contribution in [-0.2, 0) is 6.42 Å². The zero-order valence-corrected chi connectivity index (χ0v) is 34.9. The van der Waals surface area contributed by atoms with Crippen molar-refractivity contribution in [3.8, 4) is 39.5 Å². The maximum absolute atomic E-state index is 14.1. The highest BCUT2D eigenvalue weighted by Crippen LogP contribution is 2.46. The van der Waals surface area contributed by atoms with Gasteiger partial charge in [0.15, 0.2) is 11.6 Å². The van der Waals surface area contributed by atoms with Crippen LogP contribution in [0.1, 0.15) is 178 Å². The van der Waals surface area contributed by atoms with Crippen LogP contribution in [0.5, 0.6) is 17.2 Å². The molecular weight excluding hydrogens is 705 g/mol. The van der Waals surface area contributed by atoms with Crippen LogP contribution < -0.4 is 4.74 Å². The Labute approximate surface area is 341 Å². The number of hydrogen-bond donors (Lipinski definition) is 2. The lowest BCUT2D eigenvalue weighted by molar-refractivity contribution is 0.0974. The van der Waals surface area contributed by atoms with Gasteiger partial charge in [-0.3, -0.25) is 9.59 Å². The number of phenolic OH excluding ortho intramolecular Hbond substituents is 2. The molecule has 0 atom stereocenters. The van der Waals surface area contributed by atoms with E-state index in [0.29, 0.717) is 23.0 Å². The number of fused-ring (bicyclic) bond motifs is 2. The first-order valence-corrected chi connectivity index (χ1v) is 22.4. The second-order valence-electron chi connectivity index (χ2n) is 17.6. The number of hydrogen-bond acceptors (Lipinski definition) is 5. The van der Waals surface area contributed by atoms with Gasteiger partial charge in [-0.2, -0.15) is 0 Å². The molecule has 0 amide bonds. The Kier molecular flexibility index (Phi) is 13.2. The summed E-state index contributed by atoms with van der Waals surface area (Å²) in [6, 6.07) is 19.1. The van der Waals surface area contributed by atoms with Crippen molar-refractivity contribution in [1.29, 1.82) is 0 Å². The van der Waals surface area contributed by atoms with Crippen LogP contribution in [0.2, 0.25) is 0 Å². The average Bonchev–Trinajstić information content (AvgIpc) is 3.23. The molecular formula is C52H64O5. The van der Waals surface area contributed by atoms with Gasteiger partial charge in [0.1, 0.15) is 17.2 Å². The van der Waals surface area contributed by atoms with Gasteiger partial charge in [0.2, 0.25) is 0 Å². The number of carbonyl (C=O) groups is 2. The Bertz CT molecular complexity index is 2040. The Hall–Kier alpha value is -4.38. The number of carbonyl (C=O) groups excluding carboxylic acids is 2. The maximum atomic E-state index is 14.1. The molecule has 0 bridgehead atoms.